The van der Waals surface area contributed by atoms with Crippen LogP contribution >= 0.6 is 0 Å². The number of benzene rings is 1. The van der Waals surface area contributed by atoms with E-state index >= 15 is 0 Å². The second-order valence-corrected chi connectivity index (χ2v) is 4.53. The molecular formula is C13H17NO2. The quantitative estimate of drug-likeness (QED) is 0.849. The van der Waals surface area contributed by atoms with E-state index in [1.54, 1.807) is 6.07 Å². The Kier molecular flexibility index (Phi) is 2.62. The van der Waals surface area contributed by atoms with Crippen LogP contribution in [0.4, 0.5) is 5.69 Å². The highest BCUT2D eigenvalue weighted by Gasteiger charge is 2.27. The Morgan fingerprint density at radius 1 is 1.31 bits per heavy atom. The molecule has 1 aliphatic carbocycles. The molecule has 0 aliphatic heterocycles. The molecule has 0 amide bonds. The summed E-state index contributed by atoms with van der Waals surface area (Å²) in [5.41, 5.74) is 3.52. The summed E-state index contributed by atoms with van der Waals surface area (Å²) in [7, 11) is 2.08. The molecule has 0 radical (unpaired) electrons. The molecule has 0 saturated heterocycles. The van der Waals surface area contributed by atoms with Crippen LogP contribution in [0.3, 0.4) is 0 Å². The minimum absolute atomic E-state index is 0.408. The Bertz CT molecular complexity index is 436. The maximum Gasteiger partial charge on any atom is 0.335 e. The first-order chi connectivity index (χ1) is 7.52. The first-order valence-electron chi connectivity index (χ1n) is 5.58. The zero-order valence-corrected chi connectivity index (χ0v) is 9.95. The molecule has 1 saturated carbocycles. The summed E-state index contributed by atoms with van der Waals surface area (Å²) in [5.74, 6) is -0.846. The molecule has 1 aromatic carbocycles. The number of carbonyl (C=O) groups is 1. The van der Waals surface area contributed by atoms with Gasteiger partial charge in [0.05, 0.1) is 5.56 Å². The van der Waals surface area contributed by atoms with Gasteiger partial charge < -0.3 is 10.0 Å². The third-order valence-corrected chi connectivity index (χ3v) is 3.46. The van der Waals surface area contributed by atoms with Gasteiger partial charge in [0.2, 0.25) is 0 Å². The Balaban J connectivity index is 2.41. The van der Waals surface area contributed by atoms with Gasteiger partial charge in [-0.25, -0.2) is 4.79 Å². The summed E-state index contributed by atoms with van der Waals surface area (Å²) in [4.78, 5) is 13.2. The Labute approximate surface area is 95.7 Å². The summed E-state index contributed by atoms with van der Waals surface area (Å²) < 4.78 is 0. The molecule has 86 valence electrons. The molecule has 0 heterocycles. The van der Waals surface area contributed by atoms with Crippen molar-refractivity contribution in [2.24, 2.45) is 0 Å². The summed E-state index contributed by atoms with van der Waals surface area (Å²) in [6, 6.07) is 4.27. The van der Waals surface area contributed by atoms with Gasteiger partial charge in [-0.1, -0.05) is 0 Å². The Hall–Kier alpha value is -1.51. The van der Waals surface area contributed by atoms with Gasteiger partial charge in [-0.05, 0) is 49.9 Å². The van der Waals surface area contributed by atoms with Gasteiger partial charge in [-0.15, -0.1) is 0 Å². The first kappa shape index (κ1) is 11.0. The van der Waals surface area contributed by atoms with Gasteiger partial charge in [0.1, 0.15) is 0 Å². The molecule has 0 bridgehead atoms. The van der Waals surface area contributed by atoms with Gasteiger partial charge >= 0.3 is 5.97 Å². The lowest BCUT2D eigenvalue weighted by Gasteiger charge is -2.22. The molecule has 0 aromatic heterocycles. The van der Waals surface area contributed by atoms with Gasteiger partial charge in [0.15, 0.2) is 0 Å². The fourth-order valence-corrected chi connectivity index (χ4v) is 2.08. The highest BCUT2D eigenvalue weighted by Crippen LogP contribution is 2.33. The zero-order chi connectivity index (χ0) is 11.9. The molecule has 1 aliphatic rings. The topological polar surface area (TPSA) is 40.5 Å². The van der Waals surface area contributed by atoms with Crippen molar-refractivity contribution < 1.29 is 9.90 Å². The van der Waals surface area contributed by atoms with Crippen LogP contribution < -0.4 is 4.90 Å². The fourth-order valence-electron chi connectivity index (χ4n) is 2.08. The monoisotopic (exact) mass is 219 g/mol. The highest BCUT2D eigenvalue weighted by molar-refractivity contribution is 5.90. The van der Waals surface area contributed by atoms with E-state index in [9.17, 15) is 4.79 Å². The maximum absolute atomic E-state index is 11.0. The van der Waals surface area contributed by atoms with Crippen molar-refractivity contribution >= 4 is 11.7 Å². The average molecular weight is 219 g/mol. The third-order valence-electron chi connectivity index (χ3n) is 3.46. The van der Waals surface area contributed by atoms with Crippen molar-refractivity contribution in [1.82, 2.24) is 0 Å². The minimum atomic E-state index is -0.846. The van der Waals surface area contributed by atoms with Crippen molar-refractivity contribution in [3.63, 3.8) is 0 Å². The number of hydrogen-bond acceptors (Lipinski definition) is 2. The van der Waals surface area contributed by atoms with Gasteiger partial charge in [-0.2, -0.15) is 0 Å². The molecule has 1 fully saturated rings. The molecular weight excluding hydrogens is 202 g/mol. The molecule has 1 aromatic rings. The van der Waals surface area contributed by atoms with E-state index in [1.807, 2.05) is 19.9 Å². The molecule has 3 nitrogen and oxygen atoms in total. The summed E-state index contributed by atoms with van der Waals surface area (Å²) in [5, 5.41) is 9.03. The number of carboxylic acid groups (broad SMARTS) is 1. The zero-order valence-electron chi connectivity index (χ0n) is 9.95. The fraction of sp³-hybridized carbons (Fsp3) is 0.462. The lowest BCUT2D eigenvalue weighted by atomic mass is 10.0. The molecule has 3 heteroatoms. The van der Waals surface area contributed by atoms with E-state index < -0.39 is 5.97 Å². The number of nitrogens with zero attached hydrogens (tertiary/aromatic N) is 1. The van der Waals surface area contributed by atoms with Gasteiger partial charge in [0, 0.05) is 18.8 Å². The van der Waals surface area contributed by atoms with Crippen LogP contribution in [0.25, 0.3) is 0 Å². The molecule has 0 atom stereocenters. The number of rotatable bonds is 3. The van der Waals surface area contributed by atoms with E-state index in [1.165, 1.54) is 12.8 Å². The normalized spacial score (nSPS) is 14.9. The first-order valence-corrected chi connectivity index (χ1v) is 5.58. The van der Waals surface area contributed by atoms with Gasteiger partial charge in [-0.3, -0.25) is 0 Å². The maximum atomic E-state index is 11.0. The van der Waals surface area contributed by atoms with Crippen LogP contribution in [0, 0.1) is 13.8 Å². The molecule has 0 unspecified atom stereocenters. The average Bonchev–Trinajstić information content (AvgIpc) is 3.04. The van der Waals surface area contributed by atoms with Crippen molar-refractivity contribution in [1.29, 1.82) is 0 Å². The van der Waals surface area contributed by atoms with E-state index in [0.29, 0.717) is 11.6 Å². The number of hydrogen-bond donors (Lipinski definition) is 1. The number of anilines is 1. The second-order valence-electron chi connectivity index (χ2n) is 4.53. The standard InChI is InChI=1S/C13H17NO2/c1-8-9(2)12(14(3)10-4-5-10)7-6-11(8)13(15)16/h6-7,10H,4-5H2,1-3H3,(H,15,16). The van der Waals surface area contributed by atoms with Crippen LogP contribution in [-0.2, 0) is 0 Å². The number of carboxylic acids is 1. The summed E-state index contributed by atoms with van der Waals surface area (Å²) in [6.45, 7) is 3.87. The van der Waals surface area contributed by atoms with Crippen LogP contribution in [0.5, 0.6) is 0 Å². The van der Waals surface area contributed by atoms with Crippen LogP contribution in [0.1, 0.15) is 34.3 Å². The van der Waals surface area contributed by atoms with Crippen LogP contribution in [0.2, 0.25) is 0 Å². The molecule has 0 spiro atoms. The summed E-state index contributed by atoms with van der Waals surface area (Å²) >= 11 is 0. The van der Waals surface area contributed by atoms with E-state index in [0.717, 1.165) is 16.8 Å². The van der Waals surface area contributed by atoms with Crippen LogP contribution in [-0.4, -0.2) is 24.2 Å². The van der Waals surface area contributed by atoms with Crippen LogP contribution in [0.15, 0.2) is 12.1 Å². The largest absolute Gasteiger partial charge is 0.478 e. The minimum Gasteiger partial charge on any atom is -0.478 e. The molecule has 1 N–H and O–H groups in total. The van der Waals surface area contributed by atoms with Gasteiger partial charge in [0.25, 0.3) is 0 Å². The second kappa shape index (κ2) is 3.81. The Morgan fingerprint density at radius 3 is 2.44 bits per heavy atom. The molecule has 16 heavy (non-hydrogen) atoms. The smallest absolute Gasteiger partial charge is 0.335 e. The van der Waals surface area contributed by atoms with E-state index in [-0.39, 0.29) is 0 Å². The predicted octanol–water partition coefficient (Wildman–Crippen LogP) is 2.60. The Morgan fingerprint density at radius 2 is 1.94 bits per heavy atom. The predicted molar refractivity (Wildman–Crippen MR) is 64.3 cm³/mol. The third kappa shape index (κ3) is 1.77. The van der Waals surface area contributed by atoms with E-state index in [2.05, 4.69) is 11.9 Å². The van der Waals surface area contributed by atoms with Crippen molar-refractivity contribution in [2.75, 3.05) is 11.9 Å². The number of aromatic carboxylic acids is 1. The highest BCUT2D eigenvalue weighted by atomic mass is 16.4. The summed E-state index contributed by atoms with van der Waals surface area (Å²) in [6.07, 6.45) is 2.49. The lowest BCUT2D eigenvalue weighted by Crippen LogP contribution is -2.21. The van der Waals surface area contributed by atoms with Crippen molar-refractivity contribution in [3.05, 3.63) is 28.8 Å². The lowest BCUT2D eigenvalue weighted by molar-refractivity contribution is 0.0696. The van der Waals surface area contributed by atoms with Crippen molar-refractivity contribution in [3.8, 4) is 0 Å². The van der Waals surface area contributed by atoms with Crippen molar-refractivity contribution in [2.45, 2.75) is 32.7 Å². The van der Waals surface area contributed by atoms with E-state index in [4.69, 9.17) is 5.11 Å². The SMILES string of the molecule is Cc1c(C(=O)O)ccc(N(C)C2CC2)c1C. The molecule has 2 rings (SSSR count).